The molecular formula is C14H15ClN2O. The summed E-state index contributed by atoms with van der Waals surface area (Å²) in [6.45, 7) is 3.05. The molecule has 94 valence electrons. The van der Waals surface area contributed by atoms with Crippen LogP contribution in [0.4, 0.5) is 5.69 Å². The molecule has 0 atom stereocenters. The van der Waals surface area contributed by atoms with Crippen LogP contribution in [-0.2, 0) is 0 Å². The first-order valence-electron chi connectivity index (χ1n) is 5.94. The van der Waals surface area contributed by atoms with Crippen molar-refractivity contribution in [1.29, 1.82) is 0 Å². The van der Waals surface area contributed by atoms with Gasteiger partial charge in [-0.3, -0.25) is 4.79 Å². The van der Waals surface area contributed by atoms with Gasteiger partial charge in [0.2, 0.25) is 0 Å². The second-order valence-corrected chi connectivity index (χ2v) is 4.46. The predicted molar refractivity (Wildman–Crippen MR) is 76.3 cm³/mol. The lowest BCUT2D eigenvalue weighted by Gasteiger charge is -2.07. The molecule has 0 saturated carbocycles. The number of benzene rings is 1. The zero-order valence-corrected chi connectivity index (χ0v) is 10.9. The molecule has 0 bridgehead atoms. The number of aromatic nitrogens is 1. The molecule has 1 heterocycles. The van der Waals surface area contributed by atoms with Crippen LogP contribution in [-0.4, -0.2) is 11.5 Å². The topological polar surface area (TPSA) is 44.9 Å². The van der Waals surface area contributed by atoms with Gasteiger partial charge in [-0.15, -0.1) is 0 Å². The van der Waals surface area contributed by atoms with E-state index in [-0.39, 0.29) is 10.6 Å². The third kappa shape index (κ3) is 2.93. The molecule has 0 aliphatic heterocycles. The normalized spacial score (nSPS) is 10.3. The largest absolute Gasteiger partial charge is 0.385 e. The number of hydrogen-bond acceptors (Lipinski definition) is 2. The summed E-state index contributed by atoms with van der Waals surface area (Å²) in [6.07, 6.45) is 1.07. The first-order chi connectivity index (χ1) is 8.70. The number of hydrogen-bond donors (Lipinski definition) is 2. The van der Waals surface area contributed by atoms with E-state index in [2.05, 4.69) is 17.2 Å². The van der Waals surface area contributed by atoms with Crippen LogP contribution >= 0.6 is 11.6 Å². The van der Waals surface area contributed by atoms with Gasteiger partial charge in [0.05, 0.1) is 0 Å². The molecule has 2 rings (SSSR count). The maximum absolute atomic E-state index is 11.5. The highest BCUT2D eigenvalue weighted by atomic mass is 35.5. The van der Waals surface area contributed by atoms with Crippen molar-refractivity contribution in [2.24, 2.45) is 0 Å². The summed E-state index contributed by atoms with van der Waals surface area (Å²) in [7, 11) is 0. The number of anilines is 1. The van der Waals surface area contributed by atoms with Gasteiger partial charge in [0, 0.05) is 23.5 Å². The molecule has 4 heteroatoms. The van der Waals surface area contributed by atoms with Gasteiger partial charge in [-0.25, -0.2) is 0 Å². The molecular weight excluding hydrogens is 248 g/mol. The van der Waals surface area contributed by atoms with Crippen LogP contribution in [0.15, 0.2) is 41.2 Å². The molecule has 1 aromatic carbocycles. The molecule has 3 nitrogen and oxygen atoms in total. The number of rotatable bonds is 4. The highest BCUT2D eigenvalue weighted by Crippen LogP contribution is 2.20. The van der Waals surface area contributed by atoms with Gasteiger partial charge in [0.25, 0.3) is 5.56 Å². The van der Waals surface area contributed by atoms with Gasteiger partial charge in [0.1, 0.15) is 5.02 Å². The fourth-order valence-electron chi connectivity index (χ4n) is 1.69. The fraction of sp³-hybridized carbons (Fsp3) is 0.214. The highest BCUT2D eigenvalue weighted by Gasteiger charge is 2.02. The molecule has 0 amide bonds. The van der Waals surface area contributed by atoms with Crippen LogP contribution in [0.5, 0.6) is 0 Å². The van der Waals surface area contributed by atoms with Crippen LogP contribution in [0.2, 0.25) is 5.02 Å². The predicted octanol–water partition coefficient (Wildman–Crippen LogP) is 3.52. The van der Waals surface area contributed by atoms with Crippen LogP contribution in [0.1, 0.15) is 13.3 Å². The van der Waals surface area contributed by atoms with E-state index in [4.69, 9.17) is 11.6 Å². The van der Waals surface area contributed by atoms with Crippen molar-refractivity contribution in [3.8, 4) is 11.3 Å². The zero-order chi connectivity index (χ0) is 13.0. The first-order valence-corrected chi connectivity index (χ1v) is 6.31. The van der Waals surface area contributed by atoms with Gasteiger partial charge in [0.15, 0.2) is 0 Å². The van der Waals surface area contributed by atoms with E-state index < -0.39 is 0 Å². The first kappa shape index (κ1) is 12.7. The van der Waals surface area contributed by atoms with Gasteiger partial charge >= 0.3 is 0 Å². The monoisotopic (exact) mass is 262 g/mol. The van der Waals surface area contributed by atoms with Crippen molar-refractivity contribution in [2.45, 2.75) is 13.3 Å². The van der Waals surface area contributed by atoms with E-state index in [0.717, 1.165) is 29.9 Å². The minimum absolute atomic E-state index is 0.207. The number of H-pyrrole nitrogens is 1. The maximum Gasteiger partial charge on any atom is 0.267 e. The average Bonchev–Trinajstić information content (AvgIpc) is 2.40. The Hall–Kier alpha value is -1.74. The standard InChI is InChI=1S/C14H15ClN2O/c1-2-8-16-11-5-3-4-10(9-11)13-7-6-12(15)14(18)17-13/h3-7,9,16H,2,8H2,1H3,(H,17,18). The highest BCUT2D eigenvalue weighted by molar-refractivity contribution is 6.30. The van der Waals surface area contributed by atoms with Gasteiger partial charge in [-0.1, -0.05) is 30.7 Å². The lowest BCUT2D eigenvalue weighted by Crippen LogP contribution is -2.06. The van der Waals surface area contributed by atoms with Gasteiger partial charge in [-0.05, 0) is 30.7 Å². The Kier molecular flexibility index (Phi) is 4.05. The van der Waals surface area contributed by atoms with Gasteiger partial charge in [-0.2, -0.15) is 0 Å². The molecule has 0 aliphatic carbocycles. The Morgan fingerprint density at radius 2 is 2.11 bits per heavy atom. The minimum Gasteiger partial charge on any atom is -0.385 e. The molecule has 0 spiro atoms. The SMILES string of the molecule is CCCNc1cccc(-c2ccc(Cl)c(=O)[nH]2)c1. The Morgan fingerprint density at radius 3 is 2.83 bits per heavy atom. The molecule has 0 unspecified atom stereocenters. The molecule has 2 aromatic rings. The number of halogens is 1. The molecule has 0 radical (unpaired) electrons. The van der Waals surface area contributed by atoms with Crippen LogP contribution in [0.25, 0.3) is 11.3 Å². The Labute approximate surface area is 111 Å². The van der Waals surface area contributed by atoms with E-state index in [9.17, 15) is 4.79 Å². The lowest BCUT2D eigenvalue weighted by atomic mass is 10.1. The molecule has 0 saturated heterocycles. The van der Waals surface area contributed by atoms with Crippen molar-refractivity contribution in [3.05, 3.63) is 51.8 Å². The Bertz CT molecular complexity index is 592. The van der Waals surface area contributed by atoms with Crippen molar-refractivity contribution in [2.75, 3.05) is 11.9 Å². The minimum atomic E-state index is -0.263. The van der Waals surface area contributed by atoms with Crippen molar-refractivity contribution in [3.63, 3.8) is 0 Å². The summed E-state index contributed by atoms with van der Waals surface area (Å²) in [5.74, 6) is 0. The van der Waals surface area contributed by atoms with Crippen molar-refractivity contribution >= 4 is 17.3 Å². The van der Waals surface area contributed by atoms with Crippen molar-refractivity contribution < 1.29 is 0 Å². The quantitative estimate of drug-likeness (QED) is 0.886. The number of nitrogens with one attached hydrogen (secondary N) is 2. The summed E-state index contributed by atoms with van der Waals surface area (Å²) in [6, 6.07) is 11.4. The Balaban J connectivity index is 2.32. The summed E-state index contributed by atoms with van der Waals surface area (Å²) in [5.41, 5.74) is 2.51. The molecule has 18 heavy (non-hydrogen) atoms. The van der Waals surface area contributed by atoms with E-state index in [1.54, 1.807) is 6.07 Å². The molecule has 1 aromatic heterocycles. The summed E-state index contributed by atoms with van der Waals surface area (Å²) < 4.78 is 0. The third-order valence-electron chi connectivity index (χ3n) is 2.61. The van der Waals surface area contributed by atoms with Crippen LogP contribution < -0.4 is 10.9 Å². The number of aromatic amines is 1. The van der Waals surface area contributed by atoms with Gasteiger partial charge < -0.3 is 10.3 Å². The summed E-state index contributed by atoms with van der Waals surface area (Å²) in [5, 5.41) is 3.52. The second kappa shape index (κ2) is 5.74. The summed E-state index contributed by atoms with van der Waals surface area (Å²) >= 11 is 5.71. The third-order valence-corrected chi connectivity index (χ3v) is 2.91. The van der Waals surface area contributed by atoms with E-state index >= 15 is 0 Å². The Morgan fingerprint density at radius 1 is 1.28 bits per heavy atom. The van der Waals surface area contributed by atoms with Crippen LogP contribution in [0, 0.1) is 0 Å². The van der Waals surface area contributed by atoms with E-state index in [1.165, 1.54) is 0 Å². The second-order valence-electron chi connectivity index (χ2n) is 4.06. The maximum atomic E-state index is 11.5. The lowest BCUT2D eigenvalue weighted by molar-refractivity contribution is 0.980. The molecule has 0 aliphatic rings. The number of pyridine rings is 1. The zero-order valence-electron chi connectivity index (χ0n) is 10.2. The van der Waals surface area contributed by atoms with E-state index in [1.807, 2.05) is 30.3 Å². The molecule has 2 N–H and O–H groups in total. The fourth-order valence-corrected chi connectivity index (χ4v) is 1.80. The van der Waals surface area contributed by atoms with Crippen LogP contribution in [0.3, 0.4) is 0 Å². The average molecular weight is 263 g/mol. The van der Waals surface area contributed by atoms with E-state index in [0.29, 0.717) is 0 Å². The summed E-state index contributed by atoms with van der Waals surface area (Å²) in [4.78, 5) is 14.2. The smallest absolute Gasteiger partial charge is 0.267 e. The molecule has 0 fully saturated rings. The van der Waals surface area contributed by atoms with Crippen molar-refractivity contribution in [1.82, 2.24) is 4.98 Å².